The molecule has 7 heteroatoms. The monoisotopic (exact) mass is 379 g/mol. The fraction of sp³-hybridized carbons (Fsp3) is 0.438. The first-order valence-corrected chi connectivity index (χ1v) is 8.27. The van der Waals surface area contributed by atoms with Gasteiger partial charge in [0.25, 0.3) is 0 Å². The second-order valence-electron chi connectivity index (χ2n) is 6.11. The molecule has 0 saturated carbocycles. The van der Waals surface area contributed by atoms with Gasteiger partial charge in [-0.3, -0.25) is 14.5 Å². The summed E-state index contributed by atoms with van der Waals surface area (Å²) in [5, 5.41) is 2.84. The smallest absolute Gasteiger partial charge is 0.327 e. The second-order valence-corrected chi connectivity index (χ2v) is 7.03. The van der Waals surface area contributed by atoms with Crippen molar-refractivity contribution >= 4 is 33.8 Å². The van der Waals surface area contributed by atoms with E-state index in [9.17, 15) is 14.4 Å². The molecule has 3 atom stereocenters. The Morgan fingerprint density at radius 2 is 1.83 bits per heavy atom. The Hall–Kier alpha value is -1.89. The van der Waals surface area contributed by atoms with Crippen molar-refractivity contribution in [2.45, 2.75) is 19.0 Å². The Kier molecular flexibility index (Phi) is 4.14. The number of hydrogen-bond donors (Lipinski definition) is 1. The molecule has 1 N–H and O–H groups in total. The number of nitrogens with one attached hydrogen (secondary N) is 1. The second kappa shape index (κ2) is 5.96. The van der Waals surface area contributed by atoms with Crippen LogP contribution in [0.4, 0.5) is 4.79 Å². The molecule has 1 aromatic carbocycles. The van der Waals surface area contributed by atoms with Gasteiger partial charge < -0.3 is 10.2 Å². The van der Waals surface area contributed by atoms with E-state index in [-0.39, 0.29) is 29.7 Å². The molecular weight excluding hydrogens is 362 g/mol. The first-order chi connectivity index (χ1) is 10.9. The number of amides is 4. The van der Waals surface area contributed by atoms with Crippen LogP contribution in [0.5, 0.6) is 0 Å². The van der Waals surface area contributed by atoms with Crippen molar-refractivity contribution in [3.63, 3.8) is 0 Å². The van der Waals surface area contributed by atoms with Gasteiger partial charge in [-0.25, -0.2) is 4.79 Å². The first-order valence-electron chi connectivity index (χ1n) is 7.47. The van der Waals surface area contributed by atoms with Crippen LogP contribution < -0.4 is 5.32 Å². The van der Waals surface area contributed by atoms with Crippen LogP contribution in [0.15, 0.2) is 28.7 Å². The Labute approximate surface area is 142 Å². The summed E-state index contributed by atoms with van der Waals surface area (Å²) in [6.07, 6.45) is 0.490. The highest BCUT2D eigenvalue weighted by molar-refractivity contribution is 9.10. The van der Waals surface area contributed by atoms with E-state index in [0.717, 1.165) is 14.9 Å². The summed E-state index contributed by atoms with van der Waals surface area (Å²) in [6, 6.07) is 7.42. The van der Waals surface area contributed by atoms with Gasteiger partial charge in [0.05, 0.1) is 5.92 Å². The maximum absolute atomic E-state index is 12.4. The minimum Gasteiger partial charge on any atom is -0.335 e. The van der Waals surface area contributed by atoms with Crippen LogP contribution in [0.1, 0.15) is 12.0 Å². The third-order valence-corrected chi connectivity index (χ3v) is 5.16. The molecule has 2 aliphatic heterocycles. The summed E-state index contributed by atoms with van der Waals surface area (Å²) in [5.74, 6) is -0.984. The van der Waals surface area contributed by atoms with E-state index < -0.39 is 6.17 Å². The molecule has 0 spiro atoms. The van der Waals surface area contributed by atoms with Gasteiger partial charge in [0, 0.05) is 24.5 Å². The SMILES string of the molecule is CN1C(=O)C2CC(Cc3ccc(Br)cc3)C(=O)NC2N(C)C1=O. The lowest BCUT2D eigenvalue weighted by molar-refractivity contribution is -0.145. The van der Waals surface area contributed by atoms with Crippen LogP contribution in [0.3, 0.4) is 0 Å². The highest BCUT2D eigenvalue weighted by Gasteiger charge is 2.48. The number of hydrogen-bond acceptors (Lipinski definition) is 3. The highest BCUT2D eigenvalue weighted by atomic mass is 79.9. The molecule has 0 aromatic heterocycles. The summed E-state index contributed by atoms with van der Waals surface area (Å²) >= 11 is 3.39. The zero-order valence-corrected chi connectivity index (χ0v) is 14.5. The molecule has 122 valence electrons. The van der Waals surface area contributed by atoms with Crippen molar-refractivity contribution in [2.75, 3.05) is 14.1 Å². The summed E-state index contributed by atoms with van der Waals surface area (Å²) in [6.45, 7) is 0. The van der Waals surface area contributed by atoms with E-state index in [4.69, 9.17) is 0 Å². The molecule has 0 bridgehead atoms. The normalized spacial score (nSPS) is 27.8. The average Bonchev–Trinajstić information content (AvgIpc) is 2.54. The van der Waals surface area contributed by atoms with E-state index in [1.165, 1.54) is 11.9 Å². The molecule has 0 radical (unpaired) electrons. The van der Waals surface area contributed by atoms with Crippen molar-refractivity contribution in [2.24, 2.45) is 11.8 Å². The maximum Gasteiger partial charge on any atom is 0.327 e. The van der Waals surface area contributed by atoms with Gasteiger partial charge in [0.15, 0.2) is 0 Å². The van der Waals surface area contributed by atoms with E-state index in [2.05, 4.69) is 21.2 Å². The zero-order chi connectivity index (χ0) is 16.7. The van der Waals surface area contributed by atoms with Gasteiger partial charge in [-0.05, 0) is 30.5 Å². The number of halogens is 1. The van der Waals surface area contributed by atoms with Gasteiger partial charge in [-0.2, -0.15) is 0 Å². The lowest BCUT2D eigenvalue weighted by atomic mass is 9.82. The van der Waals surface area contributed by atoms with Crippen LogP contribution in [-0.4, -0.2) is 47.9 Å². The van der Waals surface area contributed by atoms with Gasteiger partial charge >= 0.3 is 6.03 Å². The topological polar surface area (TPSA) is 69.7 Å². The molecule has 2 saturated heterocycles. The maximum atomic E-state index is 12.4. The number of fused-ring (bicyclic) bond motifs is 1. The number of carbonyl (C=O) groups excluding carboxylic acids is 3. The quantitative estimate of drug-likeness (QED) is 0.848. The van der Waals surface area contributed by atoms with Crippen molar-refractivity contribution in [3.8, 4) is 0 Å². The molecule has 1 aromatic rings. The fourth-order valence-corrected chi connectivity index (χ4v) is 3.55. The van der Waals surface area contributed by atoms with E-state index in [1.54, 1.807) is 7.05 Å². The van der Waals surface area contributed by atoms with E-state index >= 15 is 0 Å². The molecule has 3 rings (SSSR count). The summed E-state index contributed by atoms with van der Waals surface area (Å²) in [4.78, 5) is 39.3. The average molecular weight is 380 g/mol. The van der Waals surface area contributed by atoms with Crippen molar-refractivity contribution in [1.29, 1.82) is 0 Å². The van der Waals surface area contributed by atoms with Crippen LogP contribution in [0.2, 0.25) is 0 Å². The minimum atomic E-state index is -0.542. The number of benzene rings is 1. The molecule has 4 amide bonds. The van der Waals surface area contributed by atoms with Crippen molar-refractivity contribution in [1.82, 2.24) is 15.1 Å². The molecule has 0 aliphatic carbocycles. The molecule has 23 heavy (non-hydrogen) atoms. The third-order valence-electron chi connectivity index (χ3n) is 4.63. The Bertz CT molecular complexity index is 661. The molecule has 3 unspecified atom stereocenters. The van der Waals surface area contributed by atoms with Crippen LogP contribution in [0.25, 0.3) is 0 Å². The largest absolute Gasteiger partial charge is 0.335 e. The van der Waals surface area contributed by atoms with Gasteiger partial charge in [0.2, 0.25) is 11.8 Å². The number of rotatable bonds is 2. The highest BCUT2D eigenvalue weighted by Crippen LogP contribution is 2.31. The lowest BCUT2D eigenvalue weighted by Gasteiger charge is -2.45. The fourth-order valence-electron chi connectivity index (χ4n) is 3.29. The number of piperidine rings is 1. The van der Waals surface area contributed by atoms with E-state index in [1.807, 2.05) is 24.3 Å². The van der Waals surface area contributed by atoms with Crippen molar-refractivity contribution < 1.29 is 14.4 Å². The predicted molar refractivity (Wildman–Crippen MR) is 87.3 cm³/mol. The predicted octanol–water partition coefficient (Wildman–Crippen LogP) is 1.59. The summed E-state index contributed by atoms with van der Waals surface area (Å²) in [5.41, 5.74) is 1.05. The number of carbonyl (C=O) groups is 3. The summed E-state index contributed by atoms with van der Waals surface area (Å²) in [7, 11) is 3.09. The zero-order valence-electron chi connectivity index (χ0n) is 13.0. The lowest BCUT2D eigenvalue weighted by Crippen LogP contribution is -2.67. The Balaban J connectivity index is 1.78. The van der Waals surface area contributed by atoms with Crippen LogP contribution in [0, 0.1) is 11.8 Å². The summed E-state index contributed by atoms with van der Waals surface area (Å²) < 4.78 is 0.985. The Morgan fingerprint density at radius 1 is 1.17 bits per heavy atom. The van der Waals surface area contributed by atoms with Gasteiger partial charge in [0.1, 0.15) is 6.17 Å². The number of urea groups is 1. The Morgan fingerprint density at radius 3 is 2.48 bits per heavy atom. The standard InChI is InChI=1S/C16H18BrN3O3/c1-19-13-12(15(22)20(2)16(19)23)8-10(14(21)18-13)7-9-3-5-11(17)6-4-9/h3-6,10,12-13H,7-8H2,1-2H3,(H,18,21). The molecule has 2 aliphatic rings. The first kappa shape index (κ1) is 16.0. The van der Waals surface area contributed by atoms with Crippen LogP contribution >= 0.6 is 15.9 Å². The third kappa shape index (κ3) is 2.85. The number of imide groups is 1. The minimum absolute atomic E-state index is 0.105. The van der Waals surface area contributed by atoms with E-state index in [0.29, 0.717) is 12.8 Å². The molecule has 2 fully saturated rings. The van der Waals surface area contributed by atoms with Crippen LogP contribution in [-0.2, 0) is 16.0 Å². The molecule has 6 nitrogen and oxygen atoms in total. The molecular formula is C16H18BrN3O3. The van der Waals surface area contributed by atoms with Gasteiger partial charge in [-0.15, -0.1) is 0 Å². The molecule has 2 heterocycles. The van der Waals surface area contributed by atoms with Gasteiger partial charge in [-0.1, -0.05) is 28.1 Å². The van der Waals surface area contributed by atoms with Crippen molar-refractivity contribution in [3.05, 3.63) is 34.3 Å². The number of nitrogens with zero attached hydrogens (tertiary/aromatic N) is 2.